The maximum atomic E-state index is 13.8. The van der Waals surface area contributed by atoms with E-state index in [9.17, 15) is 9.59 Å². The number of benzene rings is 4. The molecule has 7 nitrogen and oxygen atoms in total. The van der Waals surface area contributed by atoms with Gasteiger partial charge in [-0.25, -0.2) is 4.79 Å². The number of fused-ring (bicyclic) bond motifs is 2. The number of carbonyl (C=O) groups excluding carboxylic acids is 2. The number of nitrogens with zero attached hydrogens (tertiary/aromatic N) is 2. The van der Waals surface area contributed by atoms with Crippen molar-refractivity contribution in [2.24, 2.45) is 0 Å². The topological polar surface area (TPSA) is 73.9 Å². The number of urea groups is 1. The molecule has 0 atom stereocenters. The van der Waals surface area contributed by atoms with Crippen LogP contribution in [-0.2, 0) is 4.79 Å². The second kappa shape index (κ2) is 10.5. The van der Waals surface area contributed by atoms with E-state index in [0.717, 1.165) is 58.3 Å². The van der Waals surface area contributed by atoms with Crippen LogP contribution in [0.1, 0.15) is 22.6 Å². The van der Waals surface area contributed by atoms with Gasteiger partial charge in [-0.1, -0.05) is 54.6 Å². The molecule has 2 heterocycles. The van der Waals surface area contributed by atoms with Crippen molar-refractivity contribution in [2.75, 3.05) is 41.7 Å². The summed E-state index contributed by atoms with van der Waals surface area (Å²) in [5.74, 6) is 1.23. The minimum Gasteiger partial charge on any atom is -0.457 e. The number of para-hydroxylation sites is 3. The maximum absolute atomic E-state index is 13.8. The highest BCUT2D eigenvalue weighted by Gasteiger charge is 2.36. The first-order valence-electron chi connectivity index (χ1n) is 13.2. The largest absolute Gasteiger partial charge is 0.457 e. The van der Waals surface area contributed by atoms with E-state index in [1.165, 1.54) is 0 Å². The Labute approximate surface area is 228 Å². The lowest BCUT2D eigenvalue weighted by Crippen LogP contribution is -2.50. The van der Waals surface area contributed by atoms with Crippen LogP contribution >= 0.6 is 0 Å². The third kappa shape index (κ3) is 5.03. The molecule has 39 heavy (non-hydrogen) atoms. The van der Waals surface area contributed by atoms with Gasteiger partial charge in [0.05, 0.1) is 5.92 Å². The standard InChI is InChI=1S/C32H30N4O3/c1-22-8-2-5-11-27(22)34-32(38)33-23-14-16-24(17-15-23)35-18-20-36(21-19-35)31(37)30-25-9-3-6-12-28(25)39-29-13-7-4-10-26(29)30/h2-17,30H,18-21H2,1H3,(H2,33,34,38). The van der Waals surface area contributed by atoms with Crippen LogP contribution < -0.4 is 20.3 Å². The first kappa shape index (κ1) is 24.6. The molecule has 4 aromatic carbocycles. The Morgan fingerprint density at radius 3 is 1.95 bits per heavy atom. The van der Waals surface area contributed by atoms with Crippen molar-refractivity contribution in [3.05, 3.63) is 114 Å². The average molecular weight is 519 g/mol. The van der Waals surface area contributed by atoms with Gasteiger partial charge in [-0.05, 0) is 55.0 Å². The predicted molar refractivity (Wildman–Crippen MR) is 154 cm³/mol. The molecule has 0 spiro atoms. The summed E-state index contributed by atoms with van der Waals surface area (Å²) < 4.78 is 6.08. The number of anilines is 3. The molecular weight excluding hydrogens is 488 g/mol. The number of amides is 3. The second-order valence-corrected chi connectivity index (χ2v) is 9.86. The Balaban J connectivity index is 1.09. The van der Waals surface area contributed by atoms with Crippen LogP contribution in [0.2, 0.25) is 0 Å². The molecule has 2 aliphatic rings. The molecule has 0 radical (unpaired) electrons. The molecular formula is C32H30N4O3. The Kier molecular flexibility index (Phi) is 6.63. The van der Waals surface area contributed by atoms with Gasteiger partial charge in [0.25, 0.3) is 0 Å². The number of piperazine rings is 1. The lowest BCUT2D eigenvalue weighted by Gasteiger charge is -2.38. The Morgan fingerprint density at radius 1 is 0.718 bits per heavy atom. The van der Waals surface area contributed by atoms with Gasteiger partial charge >= 0.3 is 6.03 Å². The monoisotopic (exact) mass is 518 g/mol. The van der Waals surface area contributed by atoms with Crippen molar-refractivity contribution in [2.45, 2.75) is 12.8 Å². The minimum atomic E-state index is -0.367. The summed E-state index contributed by atoms with van der Waals surface area (Å²) in [6, 6.07) is 30.8. The molecule has 6 rings (SSSR count). The van der Waals surface area contributed by atoms with E-state index in [1.54, 1.807) is 0 Å². The van der Waals surface area contributed by atoms with E-state index in [1.807, 2.05) is 109 Å². The fourth-order valence-corrected chi connectivity index (χ4v) is 5.30. The average Bonchev–Trinajstić information content (AvgIpc) is 2.97. The van der Waals surface area contributed by atoms with Gasteiger partial charge < -0.3 is 25.2 Å². The Hall–Kier alpha value is -4.78. The summed E-state index contributed by atoms with van der Waals surface area (Å²) >= 11 is 0. The molecule has 2 N–H and O–H groups in total. The summed E-state index contributed by atoms with van der Waals surface area (Å²) in [5, 5.41) is 5.78. The molecule has 1 saturated heterocycles. The normalized spacial score (nSPS) is 14.6. The molecule has 7 heteroatoms. The number of hydrogen-bond acceptors (Lipinski definition) is 4. The van der Waals surface area contributed by atoms with Crippen LogP contribution in [-0.4, -0.2) is 43.0 Å². The van der Waals surface area contributed by atoms with Crippen LogP contribution in [0.4, 0.5) is 21.9 Å². The highest BCUT2D eigenvalue weighted by molar-refractivity contribution is 6.00. The van der Waals surface area contributed by atoms with Crippen LogP contribution in [0.15, 0.2) is 97.1 Å². The first-order valence-corrected chi connectivity index (χ1v) is 13.2. The van der Waals surface area contributed by atoms with Crippen molar-refractivity contribution in [1.29, 1.82) is 0 Å². The Bertz CT molecular complexity index is 1460. The lowest BCUT2D eigenvalue weighted by molar-refractivity contribution is -0.132. The quantitative estimate of drug-likeness (QED) is 0.336. The number of nitrogens with one attached hydrogen (secondary N) is 2. The zero-order valence-electron chi connectivity index (χ0n) is 21.8. The number of hydrogen-bond donors (Lipinski definition) is 2. The van der Waals surface area contributed by atoms with Gasteiger partial charge in [-0.15, -0.1) is 0 Å². The maximum Gasteiger partial charge on any atom is 0.323 e. The zero-order chi connectivity index (χ0) is 26.8. The molecule has 0 unspecified atom stereocenters. The van der Waals surface area contributed by atoms with E-state index in [-0.39, 0.29) is 17.9 Å². The molecule has 1 fully saturated rings. The van der Waals surface area contributed by atoms with Crippen LogP contribution in [0.5, 0.6) is 11.5 Å². The molecule has 4 aromatic rings. The summed E-state index contributed by atoms with van der Waals surface area (Å²) in [6.07, 6.45) is 0. The molecule has 2 aliphatic heterocycles. The molecule has 0 aliphatic carbocycles. The third-order valence-corrected chi connectivity index (χ3v) is 7.40. The SMILES string of the molecule is Cc1ccccc1NC(=O)Nc1ccc(N2CCN(C(=O)C3c4ccccc4Oc4ccccc43)CC2)cc1. The van der Waals surface area contributed by atoms with E-state index >= 15 is 0 Å². The van der Waals surface area contributed by atoms with Crippen molar-refractivity contribution in [3.8, 4) is 11.5 Å². The zero-order valence-corrected chi connectivity index (χ0v) is 21.8. The molecule has 3 amide bonds. The molecule has 0 aromatic heterocycles. The van der Waals surface area contributed by atoms with Gasteiger partial charge in [-0.3, -0.25) is 4.79 Å². The van der Waals surface area contributed by atoms with E-state index in [4.69, 9.17) is 4.74 Å². The third-order valence-electron chi connectivity index (χ3n) is 7.40. The summed E-state index contributed by atoms with van der Waals surface area (Å²) in [7, 11) is 0. The number of rotatable bonds is 4. The minimum absolute atomic E-state index is 0.108. The predicted octanol–water partition coefficient (Wildman–Crippen LogP) is 6.23. The van der Waals surface area contributed by atoms with Crippen molar-refractivity contribution in [3.63, 3.8) is 0 Å². The van der Waals surface area contributed by atoms with Crippen LogP contribution in [0.25, 0.3) is 0 Å². The number of ether oxygens (including phenoxy) is 1. The fourth-order valence-electron chi connectivity index (χ4n) is 5.30. The van der Waals surface area contributed by atoms with Gasteiger partial charge in [0.1, 0.15) is 11.5 Å². The van der Waals surface area contributed by atoms with E-state index in [2.05, 4.69) is 15.5 Å². The number of aryl methyl sites for hydroxylation is 1. The Morgan fingerprint density at radius 2 is 1.31 bits per heavy atom. The fraction of sp³-hybridized carbons (Fsp3) is 0.188. The summed E-state index contributed by atoms with van der Waals surface area (Å²) in [5.41, 5.74) is 5.40. The smallest absolute Gasteiger partial charge is 0.323 e. The lowest BCUT2D eigenvalue weighted by atomic mass is 9.86. The van der Waals surface area contributed by atoms with E-state index < -0.39 is 0 Å². The number of carbonyl (C=O) groups is 2. The highest BCUT2D eigenvalue weighted by Crippen LogP contribution is 2.44. The summed E-state index contributed by atoms with van der Waals surface area (Å²) in [6.45, 7) is 4.70. The van der Waals surface area contributed by atoms with Crippen LogP contribution in [0.3, 0.4) is 0 Å². The van der Waals surface area contributed by atoms with Crippen LogP contribution in [0, 0.1) is 6.92 Å². The van der Waals surface area contributed by atoms with Gasteiger partial charge in [0, 0.05) is 54.4 Å². The van der Waals surface area contributed by atoms with Gasteiger partial charge in [0.15, 0.2) is 0 Å². The van der Waals surface area contributed by atoms with Crippen molar-refractivity contribution >= 4 is 29.0 Å². The first-order chi connectivity index (χ1) is 19.1. The van der Waals surface area contributed by atoms with Crippen molar-refractivity contribution < 1.29 is 14.3 Å². The van der Waals surface area contributed by atoms with Gasteiger partial charge in [0.2, 0.25) is 5.91 Å². The van der Waals surface area contributed by atoms with Gasteiger partial charge in [-0.2, -0.15) is 0 Å². The highest BCUT2D eigenvalue weighted by atomic mass is 16.5. The molecule has 0 bridgehead atoms. The molecule has 0 saturated carbocycles. The van der Waals surface area contributed by atoms with Crippen molar-refractivity contribution in [1.82, 2.24) is 4.90 Å². The summed E-state index contributed by atoms with van der Waals surface area (Å²) in [4.78, 5) is 30.5. The van der Waals surface area contributed by atoms with E-state index in [0.29, 0.717) is 13.1 Å². The second-order valence-electron chi connectivity index (χ2n) is 9.86. The molecule has 196 valence electrons.